The number of fused-ring (bicyclic) bond motifs is 6. The van der Waals surface area contributed by atoms with Gasteiger partial charge in [0.2, 0.25) is 12.1 Å². The Morgan fingerprint density at radius 1 is 0.981 bits per heavy atom. The van der Waals surface area contributed by atoms with Crippen molar-refractivity contribution in [2.45, 2.75) is 153 Å². The molecule has 300 valence electrons. The summed E-state index contributed by atoms with van der Waals surface area (Å²) in [5.74, 6) is -4.18. The number of esters is 3. The van der Waals surface area contributed by atoms with Crippen LogP contribution in [-0.4, -0.2) is 101 Å². The summed E-state index contributed by atoms with van der Waals surface area (Å²) in [6.07, 6.45) is 6.27. The van der Waals surface area contributed by atoms with Crippen molar-refractivity contribution in [3.63, 3.8) is 0 Å². The van der Waals surface area contributed by atoms with Crippen LogP contribution < -0.4 is 0 Å². The van der Waals surface area contributed by atoms with Gasteiger partial charge < -0.3 is 48.5 Å². The molecule has 4 heterocycles. The van der Waals surface area contributed by atoms with E-state index in [4.69, 9.17) is 33.2 Å². The van der Waals surface area contributed by atoms with Gasteiger partial charge in [0, 0.05) is 43.3 Å². The van der Waals surface area contributed by atoms with Gasteiger partial charge in [0.1, 0.15) is 6.10 Å². The summed E-state index contributed by atoms with van der Waals surface area (Å²) < 4.78 is 41.5. The Labute approximate surface area is 318 Å². The fourth-order valence-electron chi connectivity index (χ4n) is 7.19. The summed E-state index contributed by atoms with van der Waals surface area (Å²) >= 11 is 0. The van der Waals surface area contributed by atoms with E-state index in [1.807, 2.05) is 13.0 Å². The van der Waals surface area contributed by atoms with Gasteiger partial charge >= 0.3 is 17.9 Å². The number of allylic oxidation sites excluding steroid dienone is 3. The number of hydrogen-bond donors (Lipinski definition) is 3. The monoisotopic (exact) mass is 758 g/mol. The largest absolute Gasteiger partial charge is 0.466 e. The van der Waals surface area contributed by atoms with Crippen molar-refractivity contribution >= 4 is 17.9 Å². The zero-order valence-corrected chi connectivity index (χ0v) is 32.1. The predicted octanol–water partition coefficient (Wildman–Crippen LogP) is 4.95. The minimum absolute atomic E-state index is 0.0704. The highest BCUT2D eigenvalue weighted by Gasteiger charge is 2.57. The number of carbonyl (C=O) groups excluding carboxylic acids is 3. The summed E-state index contributed by atoms with van der Waals surface area (Å²) in [6.45, 7) is 15.0. The van der Waals surface area contributed by atoms with Crippen LogP contribution in [0.1, 0.15) is 91.9 Å². The third-order valence-electron chi connectivity index (χ3n) is 10.0. The molecule has 0 aromatic heterocycles. The zero-order valence-electron chi connectivity index (χ0n) is 32.1. The molecular weight excluding hydrogens is 700 g/mol. The highest BCUT2D eigenvalue weighted by Crippen LogP contribution is 2.47. The molecule has 13 nitrogen and oxygen atoms in total. The second-order valence-corrected chi connectivity index (χ2v) is 15.2. The van der Waals surface area contributed by atoms with Gasteiger partial charge in [-0.25, -0.2) is 9.59 Å². The molecule has 13 heteroatoms. The lowest BCUT2D eigenvalue weighted by atomic mass is 9.74. The predicted molar refractivity (Wildman–Crippen MR) is 197 cm³/mol. The molecule has 0 saturated carbocycles. The maximum atomic E-state index is 13.2. The topological polar surface area (TPSA) is 177 Å². The van der Waals surface area contributed by atoms with Crippen molar-refractivity contribution in [1.82, 2.24) is 0 Å². The Bertz CT molecular complexity index is 1470. The Hall–Kier alpha value is -3.59. The van der Waals surface area contributed by atoms with Crippen LogP contribution in [0.15, 0.2) is 72.6 Å². The Balaban J connectivity index is 1.77. The van der Waals surface area contributed by atoms with E-state index in [0.717, 1.165) is 24.5 Å². The third-order valence-corrected chi connectivity index (χ3v) is 10.0. The first-order chi connectivity index (χ1) is 25.5. The second-order valence-electron chi connectivity index (χ2n) is 15.2. The zero-order chi connectivity index (χ0) is 39.6. The molecular formula is C41H58O13. The number of hydrogen-bond acceptors (Lipinski definition) is 13. The van der Waals surface area contributed by atoms with Gasteiger partial charge in [-0.15, -0.1) is 0 Å². The molecule has 10 atom stereocenters. The third kappa shape index (κ3) is 12.0. The quantitative estimate of drug-likeness (QED) is 0.105. The van der Waals surface area contributed by atoms with Crippen LogP contribution in [0.3, 0.4) is 0 Å². The molecule has 0 aromatic rings. The van der Waals surface area contributed by atoms with Crippen LogP contribution >= 0.6 is 0 Å². The standard InChI is InChI=1S/C41H58O13/c1-8-9-10-11-12-13-35(44)53-39-28(20-36(45)48-7)19-33-24-34(27(4)42)52-37(46)22-29(43)21-30-16-25(2)17-31(50-30)23-32-18-26(3)49-38(51-32)14-15-40(5,6)41(39,47)54-33/h10-15,20,27,29-34,38-39,42-43,47H,2-3,8-9,16-19,21-24H2,1,4-7H3/b11-10-,13-12+,15-14-,28-20+/t27-,29-,30+,31-,32+,33+,34-,38+,39+,41-/m1/s1. The van der Waals surface area contributed by atoms with E-state index < -0.39 is 65.9 Å². The molecule has 0 amide bonds. The van der Waals surface area contributed by atoms with Gasteiger partial charge in [-0.3, -0.25) is 4.79 Å². The van der Waals surface area contributed by atoms with Crippen LogP contribution in [0, 0.1) is 5.41 Å². The summed E-state index contributed by atoms with van der Waals surface area (Å²) in [7, 11) is 1.19. The van der Waals surface area contributed by atoms with E-state index in [1.165, 1.54) is 26.2 Å². The molecule has 0 aromatic carbocycles. The van der Waals surface area contributed by atoms with Crippen molar-refractivity contribution in [2.24, 2.45) is 5.41 Å². The van der Waals surface area contributed by atoms with Crippen LogP contribution in [0.4, 0.5) is 0 Å². The average molecular weight is 759 g/mol. The summed E-state index contributed by atoms with van der Waals surface area (Å²) in [5, 5.41) is 34.4. The molecule has 0 unspecified atom stereocenters. The summed E-state index contributed by atoms with van der Waals surface area (Å²) in [6, 6.07) is 0. The first-order valence-electron chi connectivity index (χ1n) is 18.8. The molecule has 0 radical (unpaired) electrons. The second kappa shape index (κ2) is 19.3. The summed E-state index contributed by atoms with van der Waals surface area (Å²) in [5.41, 5.74) is -0.257. The summed E-state index contributed by atoms with van der Waals surface area (Å²) in [4.78, 5) is 39.1. The van der Waals surface area contributed by atoms with Crippen LogP contribution in [0.2, 0.25) is 0 Å². The molecule has 6 bridgehead atoms. The fourth-order valence-corrected chi connectivity index (χ4v) is 7.19. The van der Waals surface area contributed by atoms with E-state index in [1.54, 1.807) is 32.1 Å². The normalized spacial score (nSPS) is 35.9. The maximum absolute atomic E-state index is 13.2. The molecule has 4 aliphatic heterocycles. The smallest absolute Gasteiger partial charge is 0.331 e. The number of ether oxygens (including phenoxy) is 7. The van der Waals surface area contributed by atoms with Crippen LogP contribution in [-0.2, 0) is 47.5 Å². The number of carbonyl (C=O) groups is 3. The molecule has 54 heavy (non-hydrogen) atoms. The minimum Gasteiger partial charge on any atom is -0.466 e. The number of unbranched alkanes of at least 4 members (excludes halogenated alkanes) is 1. The van der Waals surface area contributed by atoms with E-state index in [0.29, 0.717) is 31.4 Å². The van der Waals surface area contributed by atoms with Crippen molar-refractivity contribution in [3.05, 3.63) is 72.6 Å². The fraction of sp³-hybridized carbons (Fsp3) is 0.634. The molecule has 0 aliphatic carbocycles. The number of rotatable bonds is 7. The molecule has 3 N–H and O–H groups in total. The maximum Gasteiger partial charge on any atom is 0.331 e. The lowest BCUT2D eigenvalue weighted by Crippen LogP contribution is -2.62. The number of aliphatic hydroxyl groups is 3. The molecule has 4 aliphatic rings. The van der Waals surface area contributed by atoms with Crippen LogP contribution in [0.5, 0.6) is 0 Å². The van der Waals surface area contributed by atoms with E-state index in [2.05, 4.69) is 13.2 Å². The Morgan fingerprint density at radius 3 is 2.37 bits per heavy atom. The van der Waals surface area contributed by atoms with Gasteiger partial charge in [-0.05, 0) is 44.3 Å². The van der Waals surface area contributed by atoms with Crippen molar-refractivity contribution in [1.29, 1.82) is 0 Å². The number of methoxy groups -OCH3 is 1. The van der Waals surface area contributed by atoms with Gasteiger partial charge in [-0.2, -0.15) is 0 Å². The lowest BCUT2D eigenvalue weighted by molar-refractivity contribution is -0.327. The lowest BCUT2D eigenvalue weighted by Gasteiger charge is -2.51. The van der Waals surface area contributed by atoms with E-state index in [9.17, 15) is 29.7 Å². The molecule has 3 fully saturated rings. The minimum atomic E-state index is -2.35. The van der Waals surface area contributed by atoms with Crippen molar-refractivity contribution in [3.8, 4) is 0 Å². The SMILES string of the molecule is C=C1C[C@@H]2C[C@@H]3CC(=C)O[C@H](/C=C\C(C)(C)[C@]4(O)O[C@@H](C/C(=C\C(=O)OC)[C@@H]4OC(=O)/C=C/C=C\CCC)C[C@H]([C@@H](C)O)OC(=O)C[C@H](O)C[C@H](C1)O2)O3. The van der Waals surface area contributed by atoms with Crippen LogP contribution in [0.25, 0.3) is 0 Å². The highest BCUT2D eigenvalue weighted by atomic mass is 16.7. The first kappa shape index (κ1) is 43.1. The van der Waals surface area contributed by atoms with Gasteiger partial charge in [-0.1, -0.05) is 70.2 Å². The Morgan fingerprint density at radius 2 is 1.69 bits per heavy atom. The van der Waals surface area contributed by atoms with Gasteiger partial charge in [0.25, 0.3) is 0 Å². The highest BCUT2D eigenvalue weighted by molar-refractivity contribution is 5.84. The van der Waals surface area contributed by atoms with E-state index in [-0.39, 0.29) is 49.6 Å². The Kier molecular flexibility index (Phi) is 15.4. The average Bonchev–Trinajstić information content (AvgIpc) is 3.07. The first-order valence-corrected chi connectivity index (χ1v) is 18.8. The van der Waals surface area contributed by atoms with Gasteiger partial charge in [0.05, 0.1) is 55.9 Å². The van der Waals surface area contributed by atoms with E-state index >= 15 is 0 Å². The van der Waals surface area contributed by atoms with Gasteiger partial charge in [0.15, 0.2) is 6.10 Å². The number of aliphatic hydroxyl groups excluding tert-OH is 2. The molecule has 0 spiro atoms. The molecule has 4 rings (SSSR count). The number of cyclic esters (lactones) is 1. The molecule has 3 saturated heterocycles. The van der Waals surface area contributed by atoms with Crippen molar-refractivity contribution in [2.75, 3.05) is 7.11 Å². The van der Waals surface area contributed by atoms with Crippen molar-refractivity contribution < 1.29 is 62.9 Å².